The van der Waals surface area contributed by atoms with Gasteiger partial charge in [0.25, 0.3) is 0 Å². The molecule has 0 unspecified atom stereocenters. The first-order chi connectivity index (χ1) is 9.81. The van der Waals surface area contributed by atoms with Crippen molar-refractivity contribution in [2.75, 3.05) is 18.5 Å². The van der Waals surface area contributed by atoms with Crippen LogP contribution in [0.5, 0.6) is 11.5 Å². The molecule has 1 amide bonds. The average molecular weight is 274 g/mol. The molecule has 1 aromatic heterocycles. The Morgan fingerprint density at radius 2 is 2.15 bits per heavy atom. The summed E-state index contributed by atoms with van der Waals surface area (Å²) in [5, 5.41) is 8.87. The van der Waals surface area contributed by atoms with Gasteiger partial charge in [-0.3, -0.25) is 10.1 Å². The molecule has 0 saturated carbocycles. The van der Waals surface area contributed by atoms with E-state index in [1.54, 1.807) is 0 Å². The van der Waals surface area contributed by atoms with Crippen molar-refractivity contribution in [2.24, 2.45) is 0 Å². The summed E-state index contributed by atoms with van der Waals surface area (Å²) in [6, 6.07) is 5.73. The Balaban J connectivity index is 1.56. The van der Waals surface area contributed by atoms with Gasteiger partial charge >= 0.3 is 0 Å². The van der Waals surface area contributed by atoms with E-state index in [-0.39, 0.29) is 5.91 Å². The molecule has 0 spiro atoms. The maximum absolute atomic E-state index is 11.7. The zero-order valence-corrected chi connectivity index (χ0v) is 10.8. The fraction of sp³-hybridized carbons (Fsp3) is 0.308. The van der Waals surface area contributed by atoms with Crippen LogP contribution >= 0.6 is 0 Å². The highest BCUT2D eigenvalue weighted by Gasteiger charge is 2.12. The molecule has 7 heteroatoms. The van der Waals surface area contributed by atoms with Crippen LogP contribution in [-0.2, 0) is 11.2 Å². The standard InChI is InChI=1S/C13H14N4O3/c18-12(16-13-14-8-15-17-13)4-2-9-1-3-10-11(7-9)20-6-5-19-10/h1,3,7-8H,2,4-6H2,(H2,14,15,16,17,18). The molecule has 0 bridgehead atoms. The highest BCUT2D eigenvalue weighted by molar-refractivity contribution is 5.88. The summed E-state index contributed by atoms with van der Waals surface area (Å²) in [6.45, 7) is 1.13. The van der Waals surface area contributed by atoms with E-state index in [4.69, 9.17) is 9.47 Å². The lowest BCUT2D eigenvalue weighted by Crippen LogP contribution is -2.16. The Hall–Kier alpha value is -2.57. The van der Waals surface area contributed by atoms with Crippen LogP contribution in [0.1, 0.15) is 12.0 Å². The Kier molecular flexibility index (Phi) is 3.49. The fourth-order valence-corrected chi connectivity index (χ4v) is 1.96. The fourth-order valence-electron chi connectivity index (χ4n) is 1.96. The van der Waals surface area contributed by atoms with Gasteiger partial charge in [0.1, 0.15) is 19.5 Å². The van der Waals surface area contributed by atoms with Crippen molar-refractivity contribution in [2.45, 2.75) is 12.8 Å². The first-order valence-electron chi connectivity index (χ1n) is 6.35. The van der Waals surface area contributed by atoms with Crippen LogP contribution < -0.4 is 14.8 Å². The largest absolute Gasteiger partial charge is 0.486 e. The quantitative estimate of drug-likeness (QED) is 0.873. The SMILES string of the molecule is O=C(CCc1ccc2c(c1)OCCO2)Nc1ncn[nH]1. The molecule has 1 aliphatic rings. The number of nitrogens with one attached hydrogen (secondary N) is 2. The van der Waals surface area contributed by atoms with Gasteiger partial charge in [0.15, 0.2) is 11.5 Å². The molecule has 3 rings (SSSR count). The number of anilines is 1. The number of H-pyrrole nitrogens is 1. The number of hydrogen-bond donors (Lipinski definition) is 2. The predicted octanol–water partition coefficient (Wildman–Crippen LogP) is 1.15. The van der Waals surface area contributed by atoms with E-state index in [0.29, 0.717) is 32.0 Å². The number of hydrogen-bond acceptors (Lipinski definition) is 5. The lowest BCUT2D eigenvalue weighted by Gasteiger charge is -2.18. The van der Waals surface area contributed by atoms with E-state index >= 15 is 0 Å². The number of nitrogens with zero attached hydrogens (tertiary/aromatic N) is 2. The van der Waals surface area contributed by atoms with E-state index in [0.717, 1.165) is 17.1 Å². The maximum atomic E-state index is 11.7. The normalized spacial score (nSPS) is 13.0. The number of rotatable bonds is 4. The lowest BCUT2D eigenvalue weighted by molar-refractivity contribution is -0.116. The minimum Gasteiger partial charge on any atom is -0.486 e. The third-order valence-electron chi connectivity index (χ3n) is 2.92. The van der Waals surface area contributed by atoms with Crippen LogP contribution in [0.3, 0.4) is 0 Å². The molecule has 7 nitrogen and oxygen atoms in total. The van der Waals surface area contributed by atoms with Crippen molar-refractivity contribution in [3.05, 3.63) is 30.1 Å². The van der Waals surface area contributed by atoms with Gasteiger partial charge in [0.2, 0.25) is 11.9 Å². The highest BCUT2D eigenvalue weighted by Crippen LogP contribution is 2.31. The Morgan fingerprint density at radius 3 is 2.95 bits per heavy atom. The highest BCUT2D eigenvalue weighted by atomic mass is 16.6. The second-order valence-corrected chi connectivity index (χ2v) is 4.36. The number of aromatic amines is 1. The summed E-state index contributed by atoms with van der Waals surface area (Å²) in [7, 11) is 0. The molecule has 0 atom stereocenters. The van der Waals surface area contributed by atoms with E-state index in [2.05, 4.69) is 20.5 Å². The Bertz CT molecular complexity index is 598. The van der Waals surface area contributed by atoms with Crippen LogP contribution in [0.25, 0.3) is 0 Å². The number of amides is 1. The zero-order valence-electron chi connectivity index (χ0n) is 10.8. The van der Waals surface area contributed by atoms with Gasteiger partial charge in [-0.2, -0.15) is 10.1 Å². The topological polar surface area (TPSA) is 89.1 Å². The first kappa shape index (κ1) is 12.5. The molecule has 0 aliphatic carbocycles. The molecule has 1 aliphatic heterocycles. The second-order valence-electron chi connectivity index (χ2n) is 4.36. The van der Waals surface area contributed by atoms with Crippen molar-refractivity contribution in [3.63, 3.8) is 0 Å². The zero-order chi connectivity index (χ0) is 13.8. The predicted molar refractivity (Wildman–Crippen MR) is 70.8 cm³/mol. The molecule has 104 valence electrons. The van der Waals surface area contributed by atoms with Gasteiger partial charge in [-0.25, -0.2) is 5.10 Å². The molecule has 1 aromatic carbocycles. The van der Waals surface area contributed by atoms with Gasteiger partial charge in [-0.05, 0) is 24.1 Å². The van der Waals surface area contributed by atoms with Crippen molar-refractivity contribution < 1.29 is 14.3 Å². The summed E-state index contributed by atoms with van der Waals surface area (Å²) in [5.74, 6) is 1.74. The molecule has 0 fully saturated rings. The maximum Gasteiger partial charge on any atom is 0.227 e. The van der Waals surface area contributed by atoms with Crippen LogP contribution in [0.15, 0.2) is 24.5 Å². The molecule has 2 heterocycles. The van der Waals surface area contributed by atoms with Crippen LogP contribution in [-0.4, -0.2) is 34.3 Å². The average Bonchev–Trinajstić information content (AvgIpc) is 2.98. The minimum absolute atomic E-state index is 0.114. The lowest BCUT2D eigenvalue weighted by atomic mass is 10.1. The smallest absolute Gasteiger partial charge is 0.227 e. The third kappa shape index (κ3) is 2.87. The van der Waals surface area contributed by atoms with Crippen molar-refractivity contribution >= 4 is 11.9 Å². The minimum atomic E-state index is -0.114. The monoisotopic (exact) mass is 274 g/mol. The summed E-state index contributed by atoms with van der Waals surface area (Å²) in [4.78, 5) is 15.6. The number of carbonyl (C=O) groups is 1. The summed E-state index contributed by atoms with van der Waals surface area (Å²) in [5.41, 5.74) is 1.03. The van der Waals surface area contributed by atoms with Gasteiger partial charge in [-0.15, -0.1) is 0 Å². The Labute approximate surface area is 115 Å². The van der Waals surface area contributed by atoms with E-state index < -0.39 is 0 Å². The molecule has 2 aromatic rings. The van der Waals surface area contributed by atoms with E-state index in [1.807, 2.05) is 18.2 Å². The van der Waals surface area contributed by atoms with Gasteiger partial charge in [-0.1, -0.05) is 6.07 Å². The van der Waals surface area contributed by atoms with Crippen LogP contribution in [0.4, 0.5) is 5.95 Å². The van der Waals surface area contributed by atoms with Crippen LogP contribution in [0.2, 0.25) is 0 Å². The molecular formula is C13H14N4O3. The summed E-state index contributed by atoms with van der Waals surface area (Å²) in [6.07, 6.45) is 2.33. The van der Waals surface area contributed by atoms with E-state index in [1.165, 1.54) is 6.33 Å². The molecule has 0 radical (unpaired) electrons. The number of carbonyl (C=O) groups excluding carboxylic acids is 1. The molecule has 2 N–H and O–H groups in total. The molecular weight excluding hydrogens is 260 g/mol. The van der Waals surface area contributed by atoms with Crippen molar-refractivity contribution in [3.8, 4) is 11.5 Å². The number of aromatic nitrogens is 3. The second kappa shape index (κ2) is 5.60. The van der Waals surface area contributed by atoms with Crippen molar-refractivity contribution in [1.82, 2.24) is 15.2 Å². The van der Waals surface area contributed by atoms with Gasteiger partial charge < -0.3 is 9.47 Å². The van der Waals surface area contributed by atoms with Gasteiger partial charge in [0, 0.05) is 6.42 Å². The van der Waals surface area contributed by atoms with E-state index in [9.17, 15) is 4.79 Å². The number of benzene rings is 1. The molecule has 20 heavy (non-hydrogen) atoms. The summed E-state index contributed by atoms with van der Waals surface area (Å²) >= 11 is 0. The first-order valence-corrected chi connectivity index (χ1v) is 6.35. The Morgan fingerprint density at radius 1 is 1.30 bits per heavy atom. The number of ether oxygens (including phenoxy) is 2. The van der Waals surface area contributed by atoms with Gasteiger partial charge in [0.05, 0.1) is 0 Å². The summed E-state index contributed by atoms with van der Waals surface area (Å²) < 4.78 is 11.0. The van der Waals surface area contributed by atoms with Crippen LogP contribution in [0, 0.1) is 0 Å². The third-order valence-corrected chi connectivity index (χ3v) is 2.92. The number of aryl methyl sites for hydroxylation is 1. The van der Waals surface area contributed by atoms with Crippen molar-refractivity contribution in [1.29, 1.82) is 0 Å². The number of fused-ring (bicyclic) bond motifs is 1. The molecule has 0 saturated heterocycles.